The number of carbonyl (C=O) groups excluding carboxylic acids is 2. The highest BCUT2D eigenvalue weighted by Gasteiger charge is 2.21. The van der Waals surface area contributed by atoms with Crippen molar-refractivity contribution in [3.05, 3.63) is 0 Å². The SMILES string of the molecule is O=C(CCCl)N1CCCCCC1=O. The third kappa shape index (κ3) is 2.99. The molecule has 0 bridgehead atoms. The van der Waals surface area contributed by atoms with Crippen molar-refractivity contribution in [2.75, 3.05) is 12.4 Å². The molecule has 1 fully saturated rings. The van der Waals surface area contributed by atoms with Gasteiger partial charge in [-0.25, -0.2) is 0 Å². The van der Waals surface area contributed by atoms with Gasteiger partial charge in [0.1, 0.15) is 0 Å². The van der Waals surface area contributed by atoms with Crippen LogP contribution in [0.5, 0.6) is 0 Å². The van der Waals surface area contributed by atoms with E-state index in [2.05, 4.69) is 0 Å². The molecule has 0 aromatic carbocycles. The largest absolute Gasteiger partial charge is 0.283 e. The number of nitrogens with zero attached hydrogens (tertiary/aromatic N) is 1. The number of amides is 2. The van der Waals surface area contributed by atoms with Gasteiger partial charge in [0.2, 0.25) is 11.8 Å². The maximum Gasteiger partial charge on any atom is 0.230 e. The summed E-state index contributed by atoms with van der Waals surface area (Å²) in [5.74, 6) is 0.136. The second-order valence-electron chi connectivity index (χ2n) is 3.19. The Morgan fingerprint density at radius 1 is 1.38 bits per heavy atom. The van der Waals surface area contributed by atoms with Gasteiger partial charge in [-0.15, -0.1) is 11.6 Å². The van der Waals surface area contributed by atoms with Crippen LogP contribution in [0.15, 0.2) is 0 Å². The highest BCUT2D eigenvalue weighted by atomic mass is 35.5. The third-order valence-electron chi connectivity index (χ3n) is 2.18. The van der Waals surface area contributed by atoms with Crippen molar-refractivity contribution in [1.29, 1.82) is 0 Å². The van der Waals surface area contributed by atoms with Crippen LogP contribution in [0.4, 0.5) is 0 Å². The Balaban J connectivity index is 2.53. The van der Waals surface area contributed by atoms with Gasteiger partial charge in [-0.2, -0.15) is 0 Å². The molecule has 4 heteroatoms. The Bertz CT molecular complexity index is 206. The van der Waals surface area contributed by atoms with E-state index in [9.17, 15) is 9.59 Å². The van der Waals surface area contributed by atoms with E-state index in [1.54, 1.807) is 0 Å². The Kier molecular flexibility index (Phi) is 4.22. The highest BCUT2D eigenvalue weighted by Crippen LogP contribution is 2.12. The van der Waals surface area contributed by atoms with E-state index in [0.29, 0.717) is 18.8 Å². The standard InChI is InChI=1S/C9H14ClNO2/c10-6-5-9(13)11-7-3-1-2-4-8(11)12/h1-7H2. The number of imide groups is 1. The van der Waals surface area contributed by atoms with Gasteiger partial charge in [-0.3, -0.25) is 14.5 Å². The molecule has 1 aliphatic rings. The Labute approximate surface area is 83.0 Å². The van der Waals surface area contributed by atoms with Crippen LogP contribution >= 0.6 is 11.6 Å². The maximum absolute atomic E-state index is 11.4. The molecule has 2 amide bonds. The second-order valence-corrected chi connectivity index (χ2v) is 3.57. The molecule has 0 unspecified atom stereocenters. The van der Waals surface area contributed by atoms with Crippen LogP contribution in [0, 0.1) is 0 Å². The predicted molar refractivity (Wildman–Crippen MR) is 50.5 cm³/mol. The number of halogens is 1. The minimum atomic E-state index is -0.123. The average Bonchev–Trinajstić information content (AvgIpc) is 2.30. The van der Waals surface area contributed by atoms with Gasteiger partial charge in [0, 0.05) is 25.3 Å². The normalized spacial score (nSPS) is 18.5. The number of alkyl halides is 1. The first-order valence-electron chi connectivity index (χ1n) is 4.65. The molecule has 13 heavy (non-hydrogen) atoms. The van der Waals surface area contributed by atoms with E-state index in [4.69, 9.17) is 11.6 Å². The van der Waals surface area contributed by atoms with Crippen molar-refractivity contribution in [2.45, 2.75) is 32.1 Å². The summed E-state index contributed by atoms with van der Waals surface area (Å²) in [6.07, 6.45) is 3.65. The van der Waals surface area contributed by atoms with Crippen LogP contribution < -0.4 is 0 Å². The summed E-state index contributed by atoms with van der Waals surface area (Å²) in [5.41, 5.74) is 0. The van der Waals surface area contributed by atoms with Crippen LogP contribution in [0.3, 0.4) is 0 Å². The van der Waals surface area contributed by atoms with Crippen molar-refractivity contribution in [3.8, 4) is 0 Å². The first-order valence-corrected chi connectivity index (χ1v) is 5.18. The van der Waals surface area contributed by atoms with Crippen LogP contribution in [0.25, 0.3) is 0 Å². The number of hydrogen-bond acceptors (Lipinski definition) is 2. The summed E-state index contributed by atoms with van der Waals surface area (Å²) in [6.45, 7) is 0.578. The van der Waals surface area contributed by atoms with Gasteiger partial charge < -0.3 is 0 Å². The first kappa shape index (κ1) is 10.5. The fourth-order valence-corrected chi connectivity index (χ4v) is 1.62. The molecule has 0 spiro atoms. The minimum absolute atomic E-state index is 0.0346. The molecule has 0 saturated carbocycles. The van der Waals surface area contributed by atoms with E-state index >= 15 is 0 Å². The van der Waals surface area contributed by atoms with Crippen molar-refractivity contribution >= 4 is 23.4 Å². The van der Waals surface area contributed by atoms with Crippen molar-refractivity contribution in [1.82, 2.24) is 4.90 Å². The van der Waals surface area contributed by atoms with Crippen molar-refractivity contribution in [2.24, 2.45) is 0 Å². The summed E-state index contributed by atoms with van der Waals surface area (Å²) in [5, 5.41) is 0. The Morgan fingerprint density at radius 3 is 2.85 bits per heavy atom. The molecule has 1 heterocycles. The van der Waals surface area contributed by atoms with Gasteiger partial charge in [0.25, 0.3) is 0 Å². The molecular weight excluding hydrogens is 190 g/mol. The van der Waals surface area contributed by atoms with E-state index in [-0.39, 0.29) is 18.2 Å². The molecule has 0 N–H and O–H groups in total. The zero-order valence-corrected chi connectivity index (χ0v) is 8.35. The molecule has 3 nitrogen and oxygen atoms in total. The fourth-order valence-electron chi connectivity index (χ4n) is 1.46. The molecule has 0 aromatic heterocycles. The minimum Gasteiger partial charge on any atom is -0.283 e. The van der Waals surface area contributed by atoms with Gasteiger partial charge in [-0.1, -0.05) is 6.42 Å². The maximum atomic E-state index is 11.4. The van der Waals surface area contributed by atoms with Crippen molar-refractivity contribution in [3.63, 3.8) is 0 Å². The lowest BCUT2D eigenvalue weighted by molar-refractivity contribution is -0.144. The van der Waals surface area contributed by atoms with Gasteiger partial charge >= 0.3 is 0 Å². The molecule has 0 atom stereocenters. The van der Waals surface area contributed by atoms with E-state index in [1.807, 2.05) is 0 Å². The monoisotopic (exact) mass is 203 g/mol. The van der Waals surface area contributed by atoms with Crippen molar-refractivity contribution < 1.29 is 9.59 Å². The van der Waals surface area contributed by atoms with Gasteiger partial charge in [0.05, 0.1) is 0 Å². The van der Waals surface area contributed by atoms with E-state index < -0.39 is 0 Å². The zero-order valence-electron chi connectivity index (χ0n) is 7.59. The lowest BCUT2D eigenvalue weighted by Crippen LogP contribution is -2.36. The molecular formula is C9H14ClNO2. The summed E-state index contributed by atoms with van der Waals surface area (Å²) in [7, 11) is 0. The average molecular weight is 204 g/mol. The Hall–Kier alpha value is -0.570. The second kappa shape index (κ2) is 5.22. The number of hydrogen-bond donors (Lipinski definition) is 0. The fraction of sp³-hybridized carbons (Fsp3) is 0.778. The van der Waals surface area contributed by atoms with Crippen LogP contribution in [-0.4, -0.2) is 29.1 Å². The number of carbonyl (C=O) groups is 2. The van der Waals surface area contributed by atoms with Crippen LogP contribution in [-0.2, 0) is 9.59 Å². The van der Waals surface area contributed by atoms with Crippen LogP contribution in [0.2, 0.25) is 0 Å². The third-order valence-corrected chi connectivity index (χ3v) is 2.37. The van der Waals surface area contributed by atoms with Gasteiger partial charge in [-0.05, 0) is 12.8 Å². The summed E-state index contributed by atoms with van der Waals surface area (Å²) >= 11 is 5.45. The van der Waals surface area contributed by atoms with E-state index in [0.717, 1.165) is 19.3 Å². The first-order chi connectivity index (χ1) is 6.25. The molecule has 0 aliphatic carbocycles. The molecule has 1 saturated heterocycles. The smallest absolute Gasteiger partial charge is 0.230 e. The number of rotatable bonds is 2. The number of likely N-dealkylation sites (tertiary alicyclic amines) is 1. The summed E-state index contributed by atoms with van der Waals surface area (Å²) in [6, 6.07) is 0. The van der Waals surface area contributed by atoms with E-state index in [1.165, 1.54) is 4.90 Å². The predicted octanol–water partition coefficient (Wildman–Crippen LogP) is 1.54. The Morgan fingerprint density at radius 2 is 2.15 bits per heavy atom. The molecule has 1 aliphatic heterocycles. The lowest BCUT2D eigenvalue weighted by Gasteiger charge is -2.17. The molecule has 1 rings (SSSR count). The molecule has 0 radical (unpaired) electrons. The summed E-state index contributed by atoms with van der Waals surface area (Å²) in [4.78, 5) is 24.1. The highest BCUT2D eigenvalue weighted by molar-refractivity contribution is 6.19. The zero-order chi connectivity index (χ0) is 9.68. The summed E-state index contributed by atoms with van der Waals surface area (Å²) < 4.78 is 0. The molecule has 0 aromatic rings. The molecule has 74 valence electrons. The van der Waals surface area contributed by atoms with Gasteiger partial charge in [0.15, 0.2) is 0 Å². The quantitative estimate of drug-likeness (QED) is 0.639. The topological polar surface area (TPSA) is 37.4 Å². The lowest BCUT2D eigenvalue weighted by atomic mass is 10.2. The van der Waals surface area contributed by atoms with Crippen LogP contribution in [0.1, 0.15) is 32.1 Å².